The topological polar surface area (TPSA) is 93.9 Å². The Morgan fingerprint density at radius 3 is 2.70 bits per heavy atom. The van der Waals surface area contributed by atoms with E-state index in [1.807, 2.05) is 24.3 Å². The Labute approximate surface area is 113 Å². The van der Waals surface area contributed by atoms with Gasteiger partial charge in [-0.2, -0.15) is 0 Å². The summed E-state index contributed by atoms with van der Waals surface area (Å²) < 4.78 is 5.09. The van der Waals surface area contributed by atoms with E-state index in [0.29, 0.717) is 17.0 Å². The average molecular weight is 270 g/mol. The second-order valence-electron chi connectivity index (χ2n) is 4.13. The van der Waals surface area contributed by atoms with Gasteiger partial charge in [0.2, 0.25) is 0 Å². The number of pyridine rings is 1. The minimum atomic E-state index is -0.492. The molecule has 0 amide bonds. The molecule has 0 saturated carbocycles. The molecule has 0 aliphatic heterocycles. The molecule has 0 atom stereocenters. The molecule has 100 valence electrons. The molecule has 0 fully saturated rings. The van der Waals surface area contributed by atoms with Gasteiger partial charge in [0.1, 0.15) is 23.3 Å². The van der Waals surface area contributed by atoms with Gasteiger partial charge < -0.3 is 9.72 Å². The molecule has 0 aliphatic rings. The summed E-state index contributed by atoms with van der Waals surface area (Å²) in [6.45, 7) is 0. The second kappa shape index (κ2) is 4.61. The first-order chi connectivity index (χ1) is 9.67. The fourth-order valence-electron chi connectivity index (χ4n) is 1.87. The zero-order chi connectivity index (χ0) is 14.1. The summed E-state index contributed by atoms with van der Waals surface area (Å²) in [6.07, 6.45) is 1.21. The number of nitro groups is 1. The first kappa shape index (κ1) is 12.1. The molecule has 0 radical (unpaired) electrons. The Bertz CT molecular complexity index is 780. The number of aromatic nitrogens is 3. The summed E-state index contributed by atoms with van der Waals surface area (Å²) in [5, 5.41) is 10.7. The van der Waals surface area contributed by atoms with Crippen molar-refractivity contribution < 1.29 is 9.66 Å². The predicted molar refractivity (Wildman–Crippen MR) is 72.5 cm³/mol. The normalized spacial score (nSPS) is 10.7. The lowest BCUT2D eigenvalue weighted by molar-refractivity contribution is -0.385. The van der Waals surface area contributed by atoms with Crippen molar-refractivity contribution in [3.8, 4) is 17.1 Å². The van der Waals surface area contributed by atoms with E-state index in [4.69, 9.17) is 4.74 Å². The lowest BCUT2D eigenvalue weighted by atomic mass is 10.2. The van der Waals surface area contributed by atoms with Gasteiger partial charge in [-0.25, -0.2) is 9.97 Å². The van der Waals surface area contributed by atoms with Gasteiger partial charge in [-0.15, -0.1) is 0 Å². The van der Waals surface area contributed by atoms with Crippen molar-refractivity contribution >= 4 is 16.9 Å². The molecule has 0 spiro atoms. The number of ether oxygens (including phenoxy) is 1. The maximum atomic E-state index is 10.7. The molecule has 3 rings (SSSR count). The van der Waals surface area contributed by atoms with E-state index in [0.717, 1.165) is 11.3 Å². The maximum Gasteiger partial charge on any atom is 0.289 e. The van der Waals surface area contributed by atoms with E-state index in [-0.39, 0.29) is 5.69 Å². The third kappa shape index (κ3) is 2.05. The summed E-state index contributed by atoms with van der Waals surface area (Å²) in [6, 6.07) is 8.73. The Balaban J connectivity index is 2.05. The molecule has 0 saturated heterocycles. The molecule has 3 aromatic rings. The van der Waals surface area contributed by atoms with Crippen LogP contribution in [0.1, 0.15) is 0 Å². The SMILES string of the molecule is COc1ccc(-c2nc3cc([N+](=O)[O-])cnc3[nH]2)cc1. The fourth-order valence-corrected chi connectivity index (χ4v) is 1.87. The molecule has 0 aliphatic carbocycles. The lowest BCUT2D eigenvalue weighted by Crippen LogP contribution is -1.88. The van der Waals surface area contributed by atoms with Crippen molar-refractivity contribution in [2.75, 3.05) is 7.11 Å². The van der Waals surface area contributed by atoms with Crippen LogP contribution in [0.2, 0.25) is 0 Å². The molecule has 0 bridgehead atoms. The first-order valence-corrected chi connectivity index (χ1v) is 5.82. The standard InChI is InChI=1S/C13H10N4O3/c1-20-10-4-2-8(3-5-10)12-15-11-6-9(17(18)19)7-14-13(11)16-12/h2-7H,1H3,(H,14,15,16). The number of hydrogen-bond donors (Lipinski definition) is 1. The first-order valence-electron chi connectivity index (χ1n) is 5.82. The van der Waals surface area contributed by atoms with Crippen molar-refractivity contribution in [1.82, 2.24) is 15.0 Å². The second-order valence-corrected chi connectivity index (χ2v) is 4.13. The van der Waals surface area contributed by atoms with Gasteiger partial charge in [-0.3, -0.25) is 10.1 Å². The number of fused-ring (bicyclic) bond motifs is 1. The fraction of sp³-hybridized carbons (Fsp3) is 0.0769. The largest absolute Gasteiger partial charge is 0.497 e. The monoisotopic (exact) mass is 270 g/mol. The van der Waals surface area contributed by atoms with Gasteiger partial charge in [0.15, 0.2) is 5.65 Å². The molecule has 0 unspecified atom stereocenters. The van der Waals surface area contributed by atoms with Crippen LogP contribution in [0.25, 0.3) is 22.6 Å². The third-order valence-corrected chi connectivity index (χ3v) is 2.90. The van der Waals surface area contributed by atoms with Crippen LogP contribution in [-0.2, 0) is 0 Å². The number of rotatable bonds is 3. The Kier molecular flexibility index (Phi) is 2.79. The summed E-state index contributed by atoms with van der Waals surface area (Å²) in [7, 11) is 1.60. The van der Waals surface area contributed by atoms with Crippen molar-refractivity contribution in [1.29, 1.82) is 0 Å². The zero-order valence-corrected chi connectivity index (χ0v) is 10.5. The lowest BCUT2D eigenvalue weighted by Gasteiger charge is -2.00. The van der Waals surface area contributed by atoms with Gasteiger partial charge in [-0.1, -0.05) is 0 Å². The van der Waals surface area contributed by atoms with Gasteiger partial charge in [0.25, 0.3) is 5.69 Å². The third-order valence-electron chi connectivity index (χ3n) is 2.90. The number of nitrogens with one attached hydrogen (secondary N) is 1. The molecule has 7 heteroatoms. The molecule has 1 N–H and O–H groups in total. The minimum absolute atomic E-state index is 0.0784. The van der Waals surface area contributed by atoms with Crippen LogP contribution < -0.4 is 4.74 Å². The van der Waals surface area contributed by atoms with Crippen molar-refractivity contribution in [2.45, 2.75) is 0 Å². The Hall–Kier alpha value is -2.96. The number of hydrogen-bond acceptors (Lipinski definition) is 5. The molecule has 2 aromatic heterocycles. The van der Waals surface area contributed by atoms with Crippen LogP contribution in [0, 0.1) is 10.1 Å². The van der Waals surface area contributed by atoms with Crippen molar-refractivity contribution in [3.63, 3.8) is 0 Å². The number of H-pyrrole nitrogens is 1. The van der Waals surface area contributed by atoms with Crippen LogP contribution in [-0.4, -0.2) is 27.0 Å². The Morgan fingerprint density at radius 1 is 1.30 bits per heavy atom. The highest BCUT2D eigenvalue weighted by atomic mass is 16.6. The van der Waals surface area contributed by atoms with E-state index < -0.39 is 4.92 Å². The summed E-state index contributed by atoms with van der Waals surface area (Å²) in [5.41, 5.74) is 1.75. The highest BCUT2D eigenvalue weighted by Crippen LogP contribution is 2.23. The van der Waals surface area contributed by atoms with E-state index in [1.54, 1.807) is 7.11 Å². The Morgan fingerprint density at radius 2 is 2.05 bits per heavy atom. The number of methoxy groups -OCH3 is 1. The average Bonchev–Trinajstić information content (AvgIpc) is 2.90. The number of benzene rings is 1. The van der Waals surface area contributed by atoms with Crippen LogP contribution in [0.5, 0.6) is 5.75 Å². The zero-order valence-electron chi connectivity index (χ0n) is 10.5. The van der Waals surface area contributed by atoms with E-state index in [1.165, 1.54) is 12.3 Å². The highest BCUT2D eigenvalue weighted by molar-refractivity contribution is 5.77. The quantitative estimate of drug-likeness (QED) is 0.583. The molecular weight excluding hydrogens is 260 g/mol. The van der Waals surface area contributed by atoms with Gasteiger partial charge >= 0.3 is 0 Å². The predicted octanol–water partition coefficient (Wildman–Crippen LogP) is 2.54. The molecule has 1 aromatic carbocycles. The number of imidazole rings is 1. The van der Waals surface area contributed by atoms with E-state index >= 15 is 0 Å². The summed E-state index contributed by atoms with van der Waals surface area (Å²) in [5.74, 6) is 1.36. The van der Waals surface area contributed by atoms with Crippen LogP contribution in [0.3, 0.4) is 0 Å². The molecule has 7 nitrogen and oxygen atoms in total. The molecule has 2 heterocycles. The molecule has 20 heavy (non-hydrogen) atoms. The van der Waals surface area contributed by atoms with Crippen LogP contribution in [0.15, 0.2) is 36.5 Å². The van der Waals surface area contributed by atoms with Gasteiger partial charge in [0, 0.05) is 11.6 Å². The number of nitrogens with zero attached hydrogens (tertiary/aromatic N) is 3. The van der Waals surface area contributed by atoms with Gasteiger partial charge in [-0.05, 0) is 24.3 Å². The van der Waals surface area contributed by atoms with Gasteiger partial charge in [0.05, 0.1) is 12.0 Å². The summed E-state index contributed by atoms with van der Waals surface area (Å²) in [4.78, 5) is 21.6. The van der Waals surface area contributed by atoms with Crippen LogP contribution >= 0.6 is 0 Å². The van der Waals surface area contributed by atoms with Crippen molar-refractivity contribution in [3.05, 3.63) is 46.6 Å². The molecular formula is C13H10N4O3. The van der Waals surface area contributed by atoms with E-state index in [9.17, 15) is 10.1 Å². The highest BCUT2D eigenvalue weighted by Gasteiger charge is 2.11. The van der Waals surface area contributed by atoms with E-state index in [2.05, 4.69) is 15.0 Å². The summed E-state index contributed by atoms with van der Waals surface area (Å²) >= 11 is 0. The minimum Gasteiger partial charge on any atom is -0.497 e. The smallest absolute Gasteiger partial charge is 0.289 e. The van der Waals surface area contributed by atoms with Crippen LogP contribution in [0.4, 0.5) is 5.69 Å². The van der Waals surface area contributed by atoms with Crippen molar-refractivity contribution in [2.24, 2.45) is 0 Å². The maximum absolute atomic E-state index is 10.7. The number of aromatic amines is 1.